The van der Waals surface area contributed by atoms with Gasteiger partial charge >= 0.3 is 0 Å². The fourth-order valence-electron chi connectivity index (χ4n) is 4.14. The molecule has 0 aromatic carbocycles. The van der Waals surface area contributed by atoms with Gasteiger partial charge in [-0.3, -0.25) is 4.99 Å². The number of hydrogen-bond donors (Lipinski definition) is 2. The number of guanidine groups is 1. The van der Waals surface area contributed by atoms with E-state index in [1.807, 2.05) is 7.05 Å². The Balaban J connectivity index is 1.33. The fraction of sp³-hybridized carbons (Fsp3) is 0.941. The molecule has 5 nitrogen and oxygen atoms in total. The molecular weight excluding hydrogens is 276 g/mol. The Kier molecular flexibility index (Phi) is 5.58. The quantitative estimate of drug-likeness (QED) is 0.461. The molecule has 0 amide bonds. The predicted molar refractivity (Wildman–Crippen MR) is 90.3 cm³/mol. The highest BCUT2D eigenvalue weighted by atomic mass is 16.5. The van der Waals surface area contributed by atoms with Crippen molar-refractivity contribution in [3.05, 3.63) is 0 Å². The third kappa shape index (κ3) is 3.93. The van der Waals surface area contributed by atoms with Crippen LogP contribution in [-0.2, 0) is 4.74 Å². The molecule has 126 valence electrons. The molecule has 0 spiro atoms. The maximum absolute atomic E-state index is 5.90. The zero-order chi connectivity index (χ0) is 15.4. The van der Waals surface area contributed by atoms with E-state index < -0.39 is 0 Å². The lowest BCUT2D eigenvalue weighted by Gasteiger charge is -2.33. The molecule has 22 heavy (non-hydrogen) atoms. The van der Waals surface area contributed by atoms with Gasteiger partial charge in [0, 0.05) is 26.2 Å². The van der Waals surface area contributed by atoms with Gasteiger partial charge in [-0.1, -0.05) is 6.42 Å². The molecule has 3 aliphatic rings. The molecule has 0 aliphatic carbocycles. The molecule has 2 bridgehead atoms. The number of aliphatic imine (C=N–C) groups is 1. The first kappa shape index (κ1) is 16.1. The summed E-state index contributed by atoms with van der Waals surface area (Å²) in [4.78, 5) is 6.99. The van der Waals surface area contributed by atoms with Crippen molar-refractivity contribution in [3.63, 3.8) is 0 Å². The Labute approximate surface area is 134 Å². The Bertz CT molecular complexity index is 387. The highest BCUT2D eigenvalue weighted by Crippen LogP contribution is 2.34. The molecule has 3 aliphatic heterocycles. The van der Waals surface area contributed by atoms with Crippen molar-refractivity contribution < 1.29 is 4.74 Å². The number of nitrogens with zero attached hydrogens (tertiary/aromatic N) is 2. The van der Waals surface area contributed by atoms with Crippen molar-refractivity contribution >= 4 is 5.96 Å². The second kappa shape index (κ2) is 7.64. The lowest BCUT2D eigenvalue weighted by molar-refractivity contribution is 0.0992. The number of rotatable bonds is 5. The van der Waals surface area contributed by atoms with E-state index in [0.29, 0.717) is 18.2 Å². The van der Waals surface area contributed by atoms with Gasteiger partial charge < -0.3 is 20.3 Å². The van der Waals surface area contributed by atoms with E-state index in [1.165, 1.54) is 51.6 Å². The summed E-state index contributed by atoms with van der Waals surface area (Å²) >= 11 is 0. The summed E-state index contributed by atoms with van der Waals surface area (Å²) in [7, 11) is 1.86. The molecule has 3 rings (SSSR count). The number of hydrogen-bond acceptors (Lipinski definition) is 3. The first-order valence-corrected chi connectivity index (χ1v) is 9.13. The van der Waals surface area contributed by atoms with Gasteiger partial charge in [-0.15, -0.1) is 0 Å². The summed E-state index contributed by atoms with van der Waals surface area (Å²) in [6.45, 7) is 5.83. The van der Waals surface area contributed by atoms with Crippen LogP contribution < -0.4 is 10.6 Å². The van der Waals surface area contributed by atoms with E-state index in [2.05, 4.69) is 27.4 Å². The van der Waals surface area contributed by atoms with Crippen LogP contribution in [0.1, 0.15) is 51.9 Å². The van der Waals surface area contributed by atoms with Gasteiger partial charge in [-0.2, -0.15) is 0 Å². The normalized spacial score (nSPS) is 35.8. The van der Waals surface area contributed by atoms with E-state index in [-0.39, 0.29) is 0 Å². The van der Waals surface area contributed by atoms with E-state index >= 15 is 0 Å². The standard InChI is InChI=1S/C17H32N4O/c1-13-6-3-4-10-21(13)11-5-9-19-17(18-2)20-15-12-14-7-8-16(15)22-14/h13-16H,3-12H2,1-2H3,(H2,18,19,20). The highest BCUT2D eigenvalue weighted by Gasteiger charge is 2.41. The van der Waals surface area contributed by atoms with Crippen molar-refractivity contribution in [1.82, 2.24) is 15.5 Å². The number of fused-ring (bicyclic) bond motifs is 2. The smallest absolute Gasteiger partial charge is 0.191 e. The predicted octanol–water partition coefficient (Wildman–Crippen LogP) is 1.74. The second-order valence-electron chi connectivity index (χ2n) is 7.09. The van der Waals surface area contributed by atoms with E-state index in [0.717, 1.165) is 25.0 Å². The fourth-order valence-corrected chi connectivity index (χ4v) is 4.14. The number of piperidine rings is 1. The van der Waals surface area contributed by atoms with E-state index in [9.17, 15) is 0 Å². The Morgan fingerprint density at radius 3 is 2.86 bits per heavy atom. The number of ether oxygens (including phenoxy) is 1. The molecule has 4 unspecified atom stereocenters. The molecule has 2 N–H and O–H groups in total. The summed E-state index contributed by atoms with van der Waals surface area (Å²) < 4.78 is 5.90. The minimum Gasteiger partial charge on any atom is -0.373 e. The largest absolute Gasteiger partial charge is 0.373 e. The number of likely N-dealkylation sites (tertiary alicyclic amines) is 1. The second-order valence-corrected chi connectivity index (χ2v) is 7.09. The monoisotopic (exact) mass is 308 g/mol. The SMILES string of the molecule is CN=C(NCCCN1CCCCC1C)NC1CC2CCC1O2. The first-order chi connectivity index (χ1) is 10.8. The summed E-state index contributed by atoms with van der Waals surface area (Å²) in [6, 6.07) is 1.21. The summed E-state index contributed by atoms with van der Waals surface area (Å²) in [5.74, 6) is 0.938. The summed E-state index contributed by atoms with van der Waals surface area (Å²) in [6.07, 6.45) is 9.77. The van der Waals surface area contributed by atoms with Crippen molar-refractivity contribution in [2.24, 2.45) is 4.99 Å². The Morgan fingerprint density at radius 1 is 1.27 bits per heavy atom. The topological polar surface area (TPSA) is 48.9 Å². The van der Waals surface area contributed by atoms with Crippen LogP contribution in [0.15, 0.2) is 4.99 Å². The number of nitrogens with one attached hydrogen (secondary N) is 2. The highest BCUT2D eigenvalue weighted by molar-refractivity contribution is 5.80. The van der Waals surface area contributed by atoms with Crippen molar-refractivity contribution in [2.75, 3.05) is 26.7 Å². The lowest BCUT2D eigenvalue weighted by atomic mass is 9.96. The summed E-state index contributed by atoms with van der Waals surface area (Å²) in [5, 5.41) is 7.01. The van der Waals surface area contributed by atoms with Gasteiger partial charge in [0.15, 0.2) is 5.96 Å². The Hall–Kier alpha value is -0.810. The third-order valence-corrected chi connectivity index (χ3v) is 5.51. The first-order valence-electron chi connectivity index (χ1n) is 9.13. The molecule has 3 saturated heterocycles. The van der Waals surface area contributed by atoms with Crippen LogP contribution in [0.5, 0.6) is 0 Å². The molecule has 4 atom stereocenters. The van der Waals surface area contributed by atoms with Crippen LogP contribution in [0.3, 0.4) is 0 Å². The van der Waals surface area contributed by atoms with Gasteiger partial charge in [0.1, 0.15) is 0 Å². The molecule has 3 fully saturated rings. The molecule has 3 heterocycles. The zero-order valence-corrected chi connectivity index (χ0v) is 14.2. The van der Waals surface area contributed by atoms with E-state index in [1.54, 1.807) is 0 Å². The van der Waals surface area contributed by atoms with Gasteiger partial charge in [0.25, 0.3) is 0 Å². The zero-order valence-electron chi connectivity index (χ0n) is 14.2. The molecule has 0 saturated carbocycles. The van der Waals surface area contributed by atoms with Crippen LogP contribution in [0.25, 0.3) is 0 Å². The van der Waals surface area contributed by atoms with Crippen LogP contribution in [0.2, 0.25) is 0 Å². The minimum atomic E-state index is 0.401. The molecule has 0 aromatic rings. The van der Waals surface area contributed by atoms with Crippen LogP contribution in [-0.4, -0.2) is 61.8 Å². The maximum Gasteiger partial charge on any atom is 0.191 e. The molecule has 5 heteroatoms. The molecular formula is C17H32N4O. The van der Waals surface area contributed by atoms with Crippen LogP contribution in [0, 0.1) is 0 Å². The molecule has 0 aromatic heterocycles. The van der Waals surface area contributed by atoms with E-state index in [4.69, 9.17) is 4.74 Å². The van der Waals surface area contributed by atoms with Crippen LogP contribution in [0.4, 0.5) is 0 Å². The van der Waals surface area contributed by atoms with Gasteiger partial charge in [-0.25, -0.2) is 0 Å². The summed E-state index contributed by atoms with van der Waals surface area (Å²) in [5.41, 5.74) is 0. The Morgan fingerprint density at radius 2 is 2.18 bits per heavy atom. The van der Waals surface area contributed by atoms with Crippen molar-refractivity contribution in [3.8, 4) is 0 Å². The van der Waals surface area contributed by atoms with Gasteiger partial charge in [0.05, 0.1) is 18.2 Å². The van der Waals surface area contributed by atoms with Crippen molar-refractivity contribution in [2.45, 2.75) is 76.2 Å². The van der Waals surface area contributed by atoms with Gasteiger partial charge in [-0.05, 0) is 52.0 Å². The minimum absolute atomic E-state index is 0.401. The molecule has 0 radical (unpaired) electrons. The average molecular weight is 308 g/mol. The lowest BCUT2D eigenvalue weighted by Crippen LogP contribution is -2.48. The maximum atomic E-state index is 5.90. The van der Waals surface area contributed by atoms with Crippen molar-refractivity contribution in [1.29, 1.82) is 0 Å². The average Bonchev–Trinajstić information content (AvgIpc) is 3.14. The van der Waals surface area contributed by atoms with Crippen LogP contribution >= 0.6 is 0 Å². The van der Waals surface area contributed by atoms with Gasteiger partial charge in [0.2, 0.25) is 0 Å². The third-order valence-electron chi connectivity index (χ3n) is 5.51.